The first kappa shape index (κ1) is 31.6. The Morgan fingerprint density at radius 2 is 1.62 bits per heavy atom. The van der Waals surface area contributed by atoms with Crippen molar-refractivity contribution in [3.63, 3.8) is 0 Å². The molecule has 0 unspecified atom stereocenters. The molecule has 2 N–H and O–H groups in total. The van der Waals surface area contributed by atoms with E-state index in [0.29, 0.717) is 52.3 Å². The predicted octanol–water partition coefficient (Wildman–Crippen LogP) is 5.79. The molecule has 4 heterocycles. The zero-order chi connectivity index (χ0) is 32.9. The molecule has 0 spiro atoms. The van der Waals surface area contributed by atoms with Gasteiger partial charge in [0.1, 0.15) is 5.82 Å². The van der Waals surface area contributed by atoms with Crippen LogP contribution in [-0.2, 0) is 17.7 Å². The minimum atomic E-state index is -0.316. The fourth-order valence-corrected chi connectivity index (χ4v) is 5.80. The molecule has 240 valence electrons. The van der Waals surface area contributed by atoms with Crippen molar-refractivity contribution in [3.8, 4) is 45.0 Å². The Bertz CT molecular complexity index is 1950. The standard InChI is InChI=1S/C37H37N5O5/c1-23-4-6-25(7-5-23)30-21-42(20-24-10-12-47-13-11-24)22-31(36(30)44)33(43)16-28-18-40-32(19-39-28)29-14-27(17-41-37(29)38)26-8-9-34(45-2)35(15-26)46-3/h4-9,14-15,17-19,21-22,24H,10-13,16,20H2,1-3H3,(H2,38,41). The highest BCUT2D eigenvalue weighted by Gasteiger charge is 2.20. The van der Waals surface area contributed by atoms with E-state index in [0.717, 1.165) is 48.3 Å². The van der Waals surface area contributed by atoms with Gasteiger partial charge in [0.25, 0.3) is 0 Å². The van der Waals surface area contributed by atoms with Crippen LogP contribution >= 0.6 is 0 Å². The van der Waals surface area contributed by atoms with Crippen molar-refractivity contribution in [2.24, 2.45) is 5.92 Å². The highest BCUT2D eigenvalue weighted by molar-refractivity contribution is 5.98. The number of rotatable bonds is 10. The van der Waals surface area contributed by atoms with E-state index < -0.39 is 0 Å². The normalized spacial score (nSPS) is 13.3. The van der Waals surface area contributed by atoms with Gasteiger partial charge in [-0.05, 0) is 55.0 Å². The molecule has 10 nitrogen and oxygen atoms in total. The van der Waals surface area contributed by atoms with Crippen LogP contribution in [0.1, 0.15) is 34.5 Å². The highest BCUT2D eigenvalue weighted by atomic mass is 16.5. The Kier molecular flexibility index (Phi) is 9.40. The molecule has 3 aromatic heterocycles. The van der Waals surface area contributed by atoms with Crippen LogP contribution in [0.15, 0.2) is 84.3 Å². The lowest BCUT2D eigenvalue weighted by Gasteiger charge is -2.23. The minimum absolute atomic E-state index is 0.0729. The molecule has 1 saturated heterocycles. The van der Waals surface area contributed by atoms with Crippen LogP contribution in [-0.4, -0.2) is 52.7 Å². The largest absolute Gasteiger partial charge is 0.493 e. The number of aromatic nitrogens is 4. The number of nitrogen functional groups attached to an aromatic ring is 1. The first-order valence-electron chi connectivity index (χ1n) is 15.5. The summed E-state index contributed by atoms with van der Waals surface area (Å²) >= 11 is 0. The molecule has 6 rings (SSSR count). The molecule has 47 heavy (non-hydrogen) atoms. The van der Waals surface area contributed by atoms with Crippen LogP contribution in [0, 0.1) is 12.8 Å². The van der Waals surface area contributed by atoms with E-state index in [1.54, 1.807) is 39.0 Å². The van der Waals surface area contributed by atoms with E-state index in [2.05, 4.69) is 15.0 Å². The van der Waals surface area contributed by atoms with Crippen LogP contribution in [0.2, 0.25) is 0 Å². The Labute approximate surface area is 273 Å². The molecule has 0 bridgehead atoms. The molecule has 1 fully saturated rings. The van der Waals surface area contributed by atoms with Gasteiger partial charge in [-0.2, -0.15) is 0 Å². The van der Waals surface area contributed by atoms with Gasteiger partial charge in [-0.1, -0.05) is 35.9 Å². The topological polar surface area (TPSA) is 131 Å². The number of hydrogen-bond donors (Lipinski definition) is 1. The quantitative estimate of drug-likeness (QED) is 0.190. The zero-order valence-corrected chi connectivity index (χ0v) is 26.7. The molecular formula is C37H37N5O5. The van der Waals surface area contributed by atoms with Gasteiger partial charge in [0.15, 0.2) is 22.7 Å². The number of nitrogens with zero attached hydrogens (tertiary/aromatic N) is 4. The van der Waals surface area contributed by atoms with Crippen LogP contribution in [0.25, 0.3) is 33.5 Å². The van der Waals surface area contributed by atoms with E-state index in [1.807, 2.05) is 66.2 Å². The number of methoxy groups -OCH3 is 2. The van der Waals surface area contributed by atoms with Crippen LogP contribution in [0.3, 0.4) is 0 Å². The second-order valence-corrected chi connectivity index (χ2v) is 11.8. The third-order valence-electron chi connectivity index (χ3n) is 8.51. The molecule has 0 aliphatic carbocycles. The first-order valence-corrected chi connectivity index (χ1v) is 15.5. The van der Waals surface area contributed by atoms with Gasteiger partial charge in [-0.3, -0.25) is 19.6 Å². The SMILES string of the molecule is COc1ccc(-c2cnc(N)c(-c3cnc(CC(=O)c4cn(CC5CCOCC5)cc(-c5ccc(C)cc5)c4=O)cn3)c2)cc1OC. The van der Waals surface area contributed by atoms with E-state index in [1.165, 1.54) is 0 Å². The number of carbonyl (C=O) groups is 1. The third-order valence-corrected chi connectivity index (χ3v) is 8.51. The Hall–Kier alpha value is -5.35. The lowest BCUT2D eigenvalue weighted by atomic mass is 9.98. The Morgan fingerprint density at radius 3 is 2.32 bits per heavy atom. The van der Waals surface area contributed by atoms with Crippen molar-refractivity contribution in [1.82, 2.24) is 19.5 Å². The van der Waals surface area contributed by atoms with Crippen molar-refractivity contribution in [2.45, 2.75) is 32.7 Å². The monoisotopic (exact) mass is 631 g/mol. The lowest BCUT2D eigenvalue weighted by Crippen LogP contribution is -2.25. The van der Waals surface area contributed by atoms with E-state index in [4.69, 9.17) is 19.9 Å². The fourth-order valence-electron chi connectivity index (χ4n) is 5.80. The van der Waals surface area contributed by atoms with Crippen LogP contribution < -0.4 is 20.6 Å². The number of aryl methyl sites for hydroxylation is 1. The maximum absolute atomic E-state index is 13.7. The summed E-state index contributed by atoms with van der Waals surface area (Å²) in [5, 5.41) is 0. The number of anilines is 1. The third kappa shape index (κ3) is 7.07. The molecule has 0 radical (unpaired) electrons. The predicted molar refractivity (Wildman–Crippen MR) is 181 cm³/mol. The second kappa shape index (κ2) is 14.0. The minimum Gasteiger partial charge on any atom is -0.493 e. The van der Waals surface area contributed by atoms with Crippen LogP contribution in [0.4, 0.5) is 5.82 Å². The molecule has 2 aromatic carbocycles. The van der Waals surface area contributed by atoms with E-state index in [9.17, 15) is 9.59 Å². The summed E-state index contributed by atoms with van der Waals surface area (Å²) in [6.45, 7) is 4.14. The van der Waals surface area contributed by atoms with Crippen molar-refractivity contribution in [2.75, 3.05) is 33.2 Å². The van der Waals surface area contributed by atoms with E-state index >= 15 is 0 Å². The molecule has 0 atom stereocenters. The molecule has 5 aromatic rings. The number of hydrogen-bond acceptors (Lipinski definition) is 9. The number of ketones is 1. The van der Waals surface area contributed by atoms with Gasteiger partial charge in [0.05, 0.1) is 43.8 Å². The maximum atomic E-state index is 13.7. The van der Waals surface area contributed by atoms with Crippen molar-refractivity contribution < 1.29 is 19.0 Å². The number of carbonyl (C=O) groups excluding carboxylic acids is 1. The highest BCUT2D eigenvalue weighted by Crippen LogP contribution is 2.34. The average Bonchev–Trinajstić information content (AvgIpc) is 3.10. The molecule has 1 aliphatic heterocycles. The summed E-state index contributed by atoms with van der Waals surface area (Å²) in [6, 6.07) is 15.3. The van der Waals surface area contributed by atoms with Gasteiger partial charge in [0, 0.05) is 61.2 Å². The molecular weight excluding hydrogens is 594 g/mol. The van der Waals surface area contributed by atoms with E-state index in [-0.39, 0.29) is 23.2 Å². The Morgan fingerprint density at radius 1 is 0.872 bits per heavy atom. The lowest BCUT2D eigenvalue weighted by molar-refractivity contribution is 0.0612. The van der Waals surface area contributed by atoms with Gasteiger partial charge < -0.3 is 24.5 Å². The second-order valence-electron chi connectivity index (χ2n) is 11.8. The van der Waals surface area contributed by atoms with Gasteiger partial charge in [-0.25, -0.2) is 4.98 Å². The Balaban J connectivity index is 1.26. The molecule has 0 saturated carbocycles. The summed E-state index contributed by atoms with van der Waals surface area (Å²) in [6.07, 6.45) is 10.1. The number of Topliss-reactive ketones (excluding diaryl/α,β-unsaturated/α-hetero) is 1. The van der Waals surface area contributed by atoms with Crippen molar-refractivity contribution in [1.29, 1.82) is 0 Å². The summed E-state index contributed by atoms with van der Waals surface area (Å²) in [4.78, 5) is 40.9. The van der Waals surface area contributed by atoms with Gasteiger partial charge in [0.2, 0.25) is 0 Å². The summed E-state index contributed by atoms with van der Waals surface area (Å²) in [5.41, 5.74) is 11.7. The van der Waals surface area contributed by atoms with Gasteiger partial charge >= 0.3 is 0 Å². The van der Waals surface area contributed by atoms with Crippen LogP contribution in [0.5, 0.6) is 11.5 Å². The van der Waals surface area contributed by atoms with Crippen molar-refractivity contribution in [3.05, 3.63) is 107 Å². The molecule has 1 aliphatic rings. The zero-order valence-electron chi connectivity index (χ0n) is 26.7. The summed E-state index contributed by atoms with van der Waals surface area (Å²) in [5.74, 6) is 1.60. The summed E-state index contributed by atoms with van der Waals surface area (Å²) < 4.78 is 18.3. The maximum Gasteiger partial charge on any atom is 0.200 e. The number of benzene rings is 2. The summed E-state index contributed by atoms with van der Waals surface area (Å²) in [7, 11) is 3.17. The average molecular weight is 632 g/mol. The van der Waals surface area contributed by atoms with Crippen molar-refractivity contribution >= 4 is 11.6 Å². The molecule has 0 amide bonds. The smallest absolute Gasteiger partial charge is 0.200 e. The number of ether oxygens (including phenoxy) is 3. The number of pyridine rings is 2. The van der Waals surface area contributed by atoms with Gasteiger partial charge in [-0.15, -0.1) is 0 Å². The number of nitrogens with two attached hydrogens (primary N) is 1. The molecule has 10 heteroatoms. The first-order chi connectivity index (χ1) is 22.8. The fraction of sp³-hybridized carbons (Fsp3) is 0.270.